The van der Waals surface area contributed by atoms with Gasteiger partial charge in [0.25, 0.3) is 0 Å². The normalized spacial score (nSPS) is 11.8. The fraction of sp³-hybridized carbons (Fsp3) is 0.133. The van der Waals surface area contributed by atoms with E-state index in [2.05, 4.69) is 35.2 Å². The Bertz CT molecular complexity index is 2090. The Morgan fingerprint density at radius 1 is 0.929 bits per heavy atom. The van der Waals surface area contributed by atoms with E-state index in [1.165, 1.54) is 12.1 Å². The number of sulfonamides is 1. The molecule has 0 aliphatic carbocycles. The van der Waals surface area contributed by atoms with Gasteiger partial charge in [-0.3, -0.25) is 19.9 Å². The average Bonchev–Trinajstić information content (AvgIpc) is 3.59. The minimum absolute atomic E-state index is 0.0387. The second-order valence-corrected chi connectivity index (χ2v) is 11.8. The highest BCUT2D eigenvalue weighted by Crippen LogP contribution is 2.35. The van der Waals surface area contributed by atoms with Crippen LogP contribution >= 0.6 is 0 Å². The summed E-state index contributed by atoms with van der Waals surface area (Å²) in [5, 5.41) is 12.1. The lowest BCUT2D eigenvalue weighted by Crippen LogP contribution is -2.21. The van der Waals surface area contributed by atoms with Crippen LogP contribution in [-0.4, -0.2) is 45.7 Å². The highest BCUT2D eigenvalue weighted by atomic mass is 32.2. The number of aromatic amines is 2. The molecule has 1 amide bonds. The summed E-state index contributed by atoms with van der Waals surface area (Å²) >= 11 is 0. The molecular weight excluding hydrogens is 557 g/mol. The number of amides is 1. The lowest BCUT2D eigenvalue weighted by molar-refractivity contribution is -0.115. The van der Waals surface area contributed by atoms with Crippen molar-refractivity contribution in [2.75, 3.05) is 11.6 Å². The standard InChI is InChI=1S/C30H26FN7O3S/c1-3-28(39)35-22-11-20(15-32-16-22)18-4-5-26-23(12-18)30(38-37-26)27-13-24-25(36-27)6-7-33-29(24)19-8-17(9-21(31)10-19)14-34-42(2,40)41/h4-13,15-16,34,36H,3,14H2,1-2H3,(H,35,39)(H,37,38). The number of carbonyl (C=O) groups is 1. The third kappa shape index (κ3) is 5.62. The van der Waals surface area contributed by atoms with E-state index in [0.717, 1.165) is 44.9 Å². The molecule has 0 bridgehead atoms. The largest absolute Gasteiger partial charge is 0.353 e. The topological polar surface area (TPSA) is 146 Å². The van der Waals surface area contributed by atoms with Gasteiger partial charge in [-0.15, -0.1) is 0 Å². The summed E-state index contributed by atoms with van der Waals surface area (Å²) in [6, 6.07) is 15.9. The molecule has 0 fully saturated rings. The highest BCUT2D eigenvalue weighted by Gasteiger charge is 2.16. The fourth-order valence-corrected chi connectivity index (χ4v) is 5.26. The van der Waals surface area contributed by atoms with Crippen molar-refractivity contribution in [1.82, 2.24) is 29.9 Å². The van der Waals surface area contributed by atoms with Crippen LogP contribution in [0, 0.1) is 5.82 Å². The number of benzene rings is 2. The molecule has 42 heavy (non-hydrogen) atoms. The van der Waals surface area contributed by atoms with Crippen molar-refractivity contribution in [1.29, 1.82) is 0 Å². The molecule has 10 nitrogen and oxygen atoms in total. The second kappa shape index (κ2) is 10.8. The monoisotopic (exact) mass is 583 g/mol. The van der Waals surface area contributed by atoms with Crippen LogP contribution in [0.5, 0.6) is 0 Å². The zero-order valence-electron chi connectivity index (χ0n) is 22.7. The number of nitrogens with one attached hydrogen (secondary N) is 4. The molecule has 12 heteroatoms. The Labute approximate surface area is 240 Å². The van der Waals surface area contributed by atoms with Crippen molar-refractivity contribution in [3.8, 4) is 33.8 Å². The number of pyridine rings is 2. The number of fused-ring (bicyclic) bond motifs is 2. The molecule has 4 heterocycles. The number of nitrogens with zero attached hydrogens (tertiary/aromatic N) is 3. The predicted molar refractivity (Wildman–Crippen MR) is 160 cm³/mol. The van der Waals surface area contributed by atoms with E-state index in [1.807, 2.05) is 36.4 Å². The summed E-state index contributed by atoms with van der Waals surface area (Å²) in [4.78, 5) is 24.1. The van der Waals surface area contributed by atoms with Crippen molar-refractivity contribution >= 4 is 43.4 Å². The second-order valence-electron chi connectivity index (χ2n) is 9.94. The van der Waals surface area contributed by atoms with Crippen LogP contribution in [0.2, 0.25) is 0 Å². The maximum Gasteiger partial charge on any atom is 0.224 e. The smallest absolute Gasteiger partial charge is 0.224 e. The average molecular weight is 584 g/mol. The fourth-order valence-electron chi connectivity index (χ4n) is 4.83. The number of H-pyrrole nitrogens is 2. The molecule has 0 radical (unpaired) electrons. The molecule has 2 aromatic carbocycles. The van der Waals surface area contributed by atoms with Crippen molar-refractivity contribution in [3.05, 3.63) is 84.6 Å². The van der Waals surface area contributed by atoms with Gasteiger partial charge in [0.1, 0.15) is 11.5 Å². The summed E-state index contributed by atoms with van der Waals surface area (Å²) in [5.41, 5.74) is 6.95. The van der Waals surface area contributed by atoms with Crippen LogP contribution in [0.1, 0.15) is 18.9 Å². The first kappa shape index (κ1) is 27.2. The van der Waals surface area contributed by atoms with Crippen molar-refractivity contribution in [2.45, 2.75) is 19.9 Å². The Kier molecular flexibility index (Phi) is 7.01. The molecular formula is C30H26FN7O3S. The molecule has 4 N–H and O–H groups in total. The van der Waals surface area contributed by atoms with Gasteiger partial charge in [0.15, 0.2) is 0 Å². The lowest BCUT2D eigenvalue weighted by atomic mass is 10.0. The Morgan fingerprint density at radius 2 is 1.76 bits per heavy atom. The van der Waals surface area contributed by atoms with Gasteiger partial charge in [-0.2, -0.15) is 5.10 Å². The molecule has 6 rings (SSSR count). The molecule has 212 valence electrons. The van der Waals surface area contributed by atoms with E-state index >= 15 is 0 Å². The maximum atomic E-state index is 14.6. The minimum Gasteiger partial charge on any atom is -0.353 e. The van der Waals surface area contributed by atoms with E-state index in [4.69, 9.17) is 0 Å². The minimum atomic E-state index is -3.44. The number of hydrogen-bond acceptors (Lipinski definition) is 6. The molecule has 0 unspecified atom stereocenters. The number of aromatic nitrogens is 5. The molecule has 4 aromatic heterocycles. The number of anilines is 1. The SMILES string of the molecule is CCC(=O)Nc1cncc(-c2ccc3[nH]nc(-c4cc5c(-c6cc(F)cc(CNS(C)(=O)=O)c6)nccc5[nH]4)c3c2)c1. The maximum absolute atomic E-state index is 14.6. The van der Waals surface area contributed by atoms with Crippen LogP contribution in [0.15, 0.2) is 73.2 Å². The van der Waals surface area contributed by atoms with Gasteiger partial charge in [0, 0.05) is 52.8 Å². The zero-order chi connectivity index (χ0) is 29.4. The van der Waals surface area contributed by atoms with Gasteiger partial charge in [-0.05, 0) is 59.7 Å². The number of halogens is 1. The molecule has 0 spiro atoms. The van der Waals surface area contributed by atoms with Crippen molar-refractivity contribution in [3.63, 3.8) is 0 Å². The third-order valence-corrected chi connectivity index (χ3v) is 7.48. The number of hydrogen-bond donors (Lipinski definition) is 4. The summed E-state index contributed by atoms with van der Waals surface area (Å²) in [6.07, 6.45) is 6.41. The molecule has 6 aromatic rings. The van der Waals surface area contributed by atoms with Gasteiger partial charge in [0.05, 0.1) is 35.0 Å². The first-order chi connectivity index (χ1) is 20.2. The molecule has 0 saturated heterocycles. The van der Waals surface area contributed by atoms with Crippen molar-refractivity contribution < 1.29 is 17.6 Å². The van der Waals surface area contributed by atoms with E-state index in [9.17, 15) is 17.6 Å². The first-order valence-electron chi connectivity index (χ1n) is 13.1. The van der Waals surface area contributed by atoms with Crippen LogP contribution in [0.3, 0.4) is 0 Å². The lowest BCUT2D eigenvalue weighted by Gasteiger charge is -2.08. The van der Waals surface area contributed by atoms with Crippen LogP contribution in [-0.2, 0) is 21.4 Å². The van der Waals surface area contributed by atoms with E-state index in [-0.39, 0.29) is 12.5 Å². The Balaban J connectivity index is 1.39. The number of rotatable bonds is 8. The molecule has 0 atom stereocenters. The zero-order valence-corrected chi connectivity index (χ0v) is 23.5. The third-order valence-electron chi connectivity index (χ3n) is 6.81. The Morgan fingerprint density at radius 3 is 2.57 bits per heavy atom. The summed E-state index contributed by atoms with van der Waals surface area (Å²) in [6.45, 7) is 1.75. The van der Waals surface area contributed by atoms with Gasteiger partial charge in [-0.25, -0.2) is 17.5 Å². The van der Waals surface area contributed by atoms with E-state index in [0.29, 0.717) is 34.6 Å². The summed E-state index contributed by atoms with van der Waals surface area (Å²) in [5.74, 6) is -0.583. The Hall–Kier alpha value is -4.94. The number of carbonyl (C=O) groups excluding carboxylic acids is 1. The summed E-state index contributed by atoms with van der Waals surface area (Å²) in [7, 11) is -3.44. The van der Waals surface area contributed by atoms with E-state index in [1.54, 1.807) is 31.6 Å². The summed E-state index contributed by atoms with van der Waals surface area (Å²) < 4.78 is 40.1. The van der Waals surface area contributed by atoms with Crippen molar-refractivity contribution in [2.24, 2.45) is 0 Å². The molecule has 0 saturated carbocycles. The highest BCUT2D eigenvalue weighted by molar-refractivity contribution is 7.88. The molecule has 0 aliphatic heterocycles. The molecule has 0 aliphatic rings. The predicted octanol–water partition coefficient (Wildman–Crippen LogP) is 5.37. The van der Waals surface area contributed by atoms with Gasteiger partial charge in [0.2, 0.25) is 15.9 Å². The van der Waals surface area contributed by atoms with Crippen LogP contribution in [0.4, 0.5) is 10.1 Å². The van der Waals surface area contributed by atoms with Crippen LogP contribution < -0.4 is 10.0 Å². The van der Waals surface area contributed by atoms with Gasteiger partial charge >= 0.3 is 0 Å². The van der Waals surface area contributed by atoms with E-state index < -0.39 is 15.8 Å². The quantitative estimate of drug-likeness (QED) is 0.190. The first-order valence-corrected chi connectivity index (χ1v) is 15.0. The van der Waals surface area contributed by atoms with Gasteiger partial charge < -0.3 is 10.3 Å². The van der Waals surface area contributed by atoms with Gasteiger partial charge in [-0.1, -0.05) is 13.0 Å². The van der Waals surface area contributed by atoms with Crippen LogP contribution in [0.25, 0.3) is 55.6 Å².